The predicted molar refractivity (Wildman–Crippen MR) is 63.2 cm³/mol. The Morgan fingerprint density at radius 3 is 2.67 bits per heavy atom. The molecule has 0 saturated heterocycles. The molecule has 2 N–H and O–H groups in total. The van der Waals surface area contributed by atoms with E-state index in [4.69, 9.17) is 4.74 Å². The minimum atomic E-state index is 0.474. The van der Waals surface area contributed by atoms with Gasteiger partial charge in [0.25, 0.3) is 0 Å². The molecule has 0 unspecified atom stereocenters. The van der Waals surface area contributed by atoms with Crippen molar-refractivity contribution in [2.75, 3.05) is 33.9 Å². The standard InChI is InChI=1S/C11H23N3O/c1-4-15-8-7-11(5-6-11)9-14-10(12-2)13-3/h4-9H2,1-3H3,(H2,12,13,14). The predicted octanol–water partition coefficient (Wildman–Crippen LogP) is 0.988. The van der Waals surface area contributed by atoms with Crippen LogP contribution in [-0.4, -0.2) is 39.8 Å². The van der Waals surface area contributed by atoms with Crippen LogP contribution in [0.25, 0.3) is 0 Å². The highest BCUT2D eigenvalue weighted by molar-refractivity contribution is 5.79. The summed E-state index contributed by atoms with van der Waals surface area (Å²) in [5.74, 6) is 0.873. The van der Waals surface area contributed by atoms with E-state index in [1.165, 1.54) is 12.8 Å². The number of rotatable bonds is 6. The van der Waals surface area contributed by atoms with Gasteiger partial charge in [0.15, 0.2) is 5.96 Å². The van der Waals surface area contributed by atoms with Gasteiger partial charge in [0.1, 0.15) is 0 Å². The minimum absolute atomic E-state index is 0.474. The van der Waals surface area contributed by atoms with Crippen molar-refractivity contribution in [3.8, 4) is 0 Å². The molecule has 0 heterocycles. The molecule has 15 heavy (non-hydrogen) atoms. The van der Waals surface area contributed by atoms with E-state index in [0.717, 1.165) is 32.1 Å². The molecule has 0 amide bonds. The van der Waals surface area contributed by atoms with E-state index in [2.05, 4.69) is 15.6 Å². The van der Waals surface area contributed by atoms with Crippen LogP contribution in [0.1, 0.15) is 26.2 Å². The molecule has 0 aromatic carbocycles. The molecule has 4 heteroatoms. The van der Waals surface area contributed by atoms with Gasteiger partial charge in [-0.1, -0.05) is 0 Å². The van der Waals surface area contributed by atoms with Crippen molar-refractivity contribution >= 4 is 5.96 Å². The van der Waals surface area contributed by atoms with Gasteiger partial charge < -0.3 is 15.4 Å². The summed E-state index contributed by atoms with van der Waals surface area (Å²) in [4.78, 5) is 4.10. The van der Waals surface area contributed by atoms with Gasteiger partial charge in [-0.3, -0.25) is 4.99 Å². The molecular formula is C11H23N3O. The zero-order chi connectivity index (χ0) is 11.1. The number of hydrogen-bond acceptors (Lipinski definition) is 2. The quantitative estimate of drug-likeness (QED) is 0.393. The van der Waals surface area contributed by atoms with Crippen LogP contribution >= 0.6 is 0 Å². The van der Waals surface area contributed by atoms with Crippen molar-refractivity contribution in [3.63, 3.8) is 0 Å². The number of ether oxygens (including phenoxy) is 1. The maximum Gasteiger partial charge on any atom is 0.190 e. The fourth-order valence-corrected chi connectivity index (χ4v) is 1.68. The summed E-state index contributed by atoms with van der Waals surface area (Å²) >= 11 is 0. The highest BCUT2D eigenvalue weighted by Gasteiger charge is 2.41. The molecule has 0 aliphatic heterocycles. The van der Waals surface area contributed by atoms with Crippen LogP contribution in [0.4, 0.5) is 0 Å². The minimum Gasteiger partial charge on any atom is -0.382 e. The maximum absolute atomic E-state index is 5.40. The Bertz CT molecular complexity index is 212. The van der Waals surface area contributed by atoms with Crippen LogP contribution in [-0.2, 0) is 4.74 Å². The topological polar surface area (TPSA) is 45.6 Å². The van der Waals surface area contributed by atoms with E-state index in [9.17, 15) is 0 Å². The van der Waals surface area contributed by atoms with E-state index < -0.39 is 0 Å². The van der Waals surface area contributed by atoms with Crippen LogP contribution < -0.4 is 10.6 Å². The third kappa shape index (κ3) is 4.08. The van der Waals surface area contributed by atoms with Gasteiger partial charge in [-0.2, -0.15) is 0 Å². The van der Waals surface area contributed by atoms with Gasteiger partial charge in [0.05, 0.1) is 0 Å². The van der Waals surface area contributed by atoms with Crippen LogP contribution in [0.15, 0.2) is 4.99 Å². The molecule has 0 radical (unpaired) electrons. The van der Waals surface area contributed by atoms with Crippen molar-refractivity contribution in [3.05, 3.63) is 0 Å². The number of nitrogens with zero attached hydrogens (tertiary/aromatic N) is 1. The number of guanidine groups is 1. The first kappa shape index (κ1) is 12.3. The van der Waals surface area contributed by atoms with E-state index in [0.29, 0.717) is 5.41 Å². The largest absolute Gasteiger partial charge is 0.382 e. The third-order valence-corrected chi connectivity index (χ3v) is 3.03. The molecule has 0 aromatic heterocycles. The molecule has 0 spiro atoms. The van der Waals surface area contributed by atoms with Crippen molar-refractivity contribution in [1.29, 1.82) is 0 Å². The Kier molecular flexibility index (Phi) is 4.88. The highest BCUT2D eigenvalue weighted by Crippen LogP contribution is 2.48. The van der Waals surface area contributed by atoms with E-state index in [1.54, 1.807) is 7.05 Å². The highest BCUT2D eigenvalue weighted by atomic mass is 16.5. The summed E-state index contributed by atoms with van der Waals surface area (Å²) in [6, 6.07) is 0. The van der Waals surface area contributed by atoms with Gasteiger partial charge >= 0.3 is 0 Å². The smallest absolute Gasteiger partial charge is 0.190 e. The lowest BCUT2D eigenvalue weighted by Gasteiger charge is -2.17. The molecule has 1 saturated carbocycles. The Morgan fingerprint density at radius 1 is 1.47 bits per heavy atom. The van der Waals surface area contributed by atoms with Crippen molar-refractivity contribution in [2.45, 2.75) is 26.2 Å². The van der Waals surface area contributed by atoms with Gasteiger partial charge in [-0.05, 0) is 31.6 Å². The Morgan fingerprint density at radius 2 is 2.20 bits per heavy atom. The summed E-state index contributed by atoms with van der Waals surface area (Å²) in [6.07, 6.45) is 3.79. The first-order chi connectivity index (χ1) is 7.26. The number of nitrogens with one attached hydrogen (secondary N) is 2. The van der Waals surface area contributed by atoms with E-state index >= 15 is 0 Å². The molecule has 0 atom stereocenters. The summed E-state index contributed by atoms with van der Waals surface area (Å²) in [5, 5.41) is 6.36. The monoisotopic (exact) mass is 213 g/mol. The first-order valence-electron chi connectivity index (χ1n) is 5.72. The van der Waals surface area contributed by atoms with Crippen molar-refractivity contribution in [1.82, 2.24) is 10.6 Å². The maximum atomic E-state index is 5.40. The Hall–Kier alpha value is -0.770. The molecule has 88 valence electrons. The van der Waals surface area contributed by atoms with Crippen molar-refractivity contribution < 1.29 is 4.74 Å². The SMILES string of the molecule is CCOCCC1(CNC(=NC)NC)CC1. The first-order valence-corrected chi connectivity index (χ1v) is 5.72. The molecular weight excluding hydrogens is 190 g/mol. The van der Waals surface area contributed by atoms with E-state index in [1.807, 2.05) is 14.0 Å². The van der Waals surface area contributed by atoms with Gasteiger partial charge in [0, 0.05) is 33.9 Å². The van der Waals surface area contributed by atoms with E-state index in [-0.39, 0.29) is 0 Å². The summed E-state index contributed by atoms with van der Waals surface area (Å²) in [7, 11) is 3.67. The molecule has 1 rings (SSSR count). The number of aliphatic imine (C=N–C) groups is 1. The molecule has 1 aliphatic carbocycles. The van der Waals surface area contributed by atoms with Crippen LogP contribution in [0.3, 0.4) is 0 Å². The van der Waals surface area contributed by atoms with Gasteiger partial charge in [-0.15, -0.1) is 0 Å². The third-order valence-electron chi connectivity index (χ3n) is 3.03. The molecule has 1 aliphatic rings. The van der Waals surface area contributed by atoms with Crippen LogP contribution in [0.5, 0.6) is 0 Å². The fraction of sp³-hybridized carbons (Fsp3) is 0.909. The molecule has 0 aromatic rings. The van der Waals surface area contributed by atoms with Crippen molar-refractivity contribution in [2.24, 2.45) is 10.4 Å². The Balaban J connectivity index is 2.19. The molecule has 1 fully saturated rings. The second-order valence-electron chi connectivity index (χ2n) is 4.12. The fourth-order valence-electron chi connectivity index (χ4n) is 1.68. The lowest BCUT2D eigenvalue weighted by Crippen LogP contribution is -2.38. The lowest BCUT2D eigenvalue weighted by atomic mass is 10.0. The van der Waals surface area contributed by atoms with Gasteiger partial charge in [0.2, 0.25) is 0 Å². The zero-order valence-electron chi connectivity index (χ0n) is 10.1. The lowest BCUT2D eigenvalue weighted by molar-refractivity contribution is 0.128. The molecule has 4 nitrogen and oxygen atoms in total. The summed E-state index contributed by atoms with van der Waals surface area (Å²) in [6.45, 7) is 4.76. The normalized spacial score (nSPS) is 18.7. The second kappa shape index (κ2) is 5.95. The Labute approximate surface area is 92.5 Å². The zero-order valence-corrected chi connectivity index (χ0v) is 10.1. The average molecular weight is 213 g/mol. The number of hydrogen-bond donors (Lipinski definition) is 2. The average Bonchev–Trinajstić information content (AvgIpc) is 3.01. The summed E-state index contributed by atoms with van der Waals surface area (Å²) in [5.41, 5.74) is 0.474. The van der Waals surface area contributed by atoms with Crippen LogP contribution in [0.2, 0.25) is 0 Å². The van der Waals surface area contributed by atoms with Gasteiger partial charge in [-0.25, -0.2) is 0 Å². The second-order valence-corrected chi connectivity index (χ2v) is 4.12. The summed E-state index contributed by atoms with van der Waals surface area (Å²) < 4.78 is 5.40. The molecule has 0 bridgehead atoms. The van der Waals surface area contributed by atoms with Crippen LogP contribution in [0, 0.1) is 5.41 Å².